The van der Waals surface area contributed by atoms with Crippen LogP contribution in [0.15, 0.2) is 28.7 Å². The van der Waals surface area contributed by atoms with Gasteiger partial charge in [-0.25, -0.2) is 0 Å². The fourth-order valence-corrected chi connectivity index (χ4v) is 2.14. The van der Waals surface area contributed by atoms with Crippen molar-refractivity contribution >= 4 is 46.1 Å². The van der Waals surface area contributed by atoms with Crippen LogP contribution < -0.4 is 16.4 Å². The number of halogens is 2. The Morgan fingerprint density at radius 1 is 1.30 bits per heavy atom. The van der Waals surface area contributed by atoms with E-state index in [1.807, 2.05) is 6.07 Å². The van der Waals surface area contributed by atoms with Crippen molar-refractivity contribution in [3.63, 3.8) is 0 Å². The number of carbonyl (C=O) groups excluding carboxylic acids is 3. The highest BCUT2D eigenvalue weighted by Crippen LogP contribution is 2.21. The average Bonchev–Trinajstić information content (AvgIpc) is 2.51. The van der Waals surface area contributed by atoms with Crippen molar-refractivity contribution in [3.8, 4) is 0 Å². The van der Waals surface area contributed by atoms with Crippen LogP contribution in [0.4, 0.5) is 0 Å². The van der Waals surface area contributed by atoms with E-state index >= 15 is 0 Å². The number of ether oxygens (including phenoxy) is 1. The number of nitrogens with two attached hydrogens (primary N) is 1. The van der Waals surface area contributed by atoms with Crippen molar-refractivity contribution in [1.82, 2.24) is 10.6 Å². The predicted molar refractivity (Wildman–Crippen MR) is 91.0 cm³/mol. The number of carbonyl (C=O) groups is 3. The first kappa shape index (κ1) is 21.4. The fourth-order valence-electron chi connectivity index (χ4n) is 1.72. The van der Waals surface area contributed by atoms with Crippen LogP contribution in [0.5, 0.6) is 0 Å². The fraction of sp³-hybridized carbons (Fsp3) is 0.357. The molecule has 128 valence electrons. The molecule has 0 heterocycles. The van der Waals surface area contributed by atoms with Gasteiger partial charge in [-0.05, 0) is 17.7 Å². The normalized spacial score (nSPS) is 10.9. The van der Waals surface area contributed by atoms with Crippen LogP contribution in [0.2, 0.25) is 0 Å². The lowest BCUT2D eigenvalue weighted by atomic mass is 10.0. The Morgan fingerprint density at radius 3 is 2.57 bits per heavy atom. The van der Waals surface area contributed by atoms with E-state index in [1.165, 1.54) is 7.11 Å². The number of rotatable bonds is 7. The molecule has 1 atom stereocenters. The number of esters is 1. The first-order valence-electron chi connectivity index (χ1n) is 6.54. The minimum absolute atomic E-state index is 0. The topological polar surface area (TPSA) is 111 Å². The molecule has 0 saturated heterocycles. The standard InChI is InChI=1S/C14H18BrN3O4.ClH/c1-22-14(21)6-11(9-3-2-4-10(15)5-9)18-13(20)8-17-12(19)7-16;/h2-5,11H,6-8,16H2,1H3,(H,17,19)(H,18,20);1H. The van der Waals surface area contributed by atoms with Crippen molar-refractivity contribution in [2.45, 2.75) is 12.5 Å². The molecular weight excluding hydrogens is 390 g/mol. The summed E-state index contributed by atoms with van der Waals surface area (Å²) in [6.45, 7) is -0.397. The van der Waals surface area contributed by atoms with Gasteiger partial charge in [0.05, 0.1) is 32.7 Å². The Balaban J connectivity index is 0.00000484. The highest BCUT2D eigenvalue weighted by Gasteiger charge is 2.19. The van der Waals surface area contributed by atoms with Crippen LogP contribution >= 0.6 is 28.3 Å². The zero-order valence-corrected chi connectivity index (χ0v) is 14.9. The zero-order valence-electron chi connectivity index (χ0n) is 12.5. The Hall–Kier alpha value is -1.64. The molecular formula is C14H19BrClN3O4. The summed E-state index contributed by atoms with van der Waals surface area (Å²) in [7, 11) is 1.28. The van der Waals surface area contributed by atoms with E-state index < -0.39 is 23.8 Å². The molecule has 23 heavy (non-hydrogen) atoms. The molecule has 0 aliphatic carbocycles. The molecule has 1 unspecified atom stereocenters. The predicted octanol–water partition coefficient (Wildman–Crippen LogP) is 0.666. The SMILES string of the molecule is COC(=O)CC(NC(=O)CNC(=O)CN)c1cccc(Br)c1.Cl. The van der Waals surface area contributed by atoms with E-state index in [9.17, 15) is 14.4 Å². The Labute approximate surface area is 148 Å². The number of nitrogens with one attached hydrogen (secondary N) is 2. The maximum atomic E-state index is 11.9. The summed E-state index contributed by atoms with van der Waals surface area (Å²) in [5, 5.41) is 5.06. The summed E-state index contributed by atoms with van der Waals surface area (Å²) in [5.74, 6) is -1.30. The Bertz CT molecular complexity index is 557. The van der Waals surface area contributed by atoms with Crippen molar-refractivity contribution < 1.29 is 19.1 Å². The number of benzene rings is 1. The van der Waals surface area contributed by atoms with E-state index in [-0.39, 0.29) is 31.9 Å². The number of hydrogen-bond acceptors (Lipinski definition) is 5. The molecule has 0 aliphatic heterocycles. The summed E-state index contributed by atoms with van der Waals surface area (Å²) in [5.41, 5.74) is 5.89. The second-order valence-electron chi connectivity index (χ2n) is 4.44. The molecule has 0 aliphatic rings. The van der Waals surface area contributed by atoms with Gasteiger partial charge in [-0.2, -0.15) is 0 Å². The summed E-state index contributed by atoms with van der Waals surface area (Å²) in [6, 6.07) is 6.67. The number of methoxy groups -OCH3 is 1. The van der Waals surface area contributed by atoms with Gasteiger partial charge in [0.2, 0.25) is 11.8 Å². The maximum Gasteiger partial charge on any atom is 0.307 e. The van der Waals surface area contributed by atoms with Gasteiger partial charge in [0.25, 0.3) is 0 Å². The van der Waals surface area contributed by atoms with Crippen LogP contribution in [0.1, 0.15) is 18.0 Å². The first-order valence-corrected chi connectivity index (χ1v) is 7.34. The molecule has 0 bridgehead atoms. The second-order valence-corrected chi connectivity index (χ2v) is 5.35. The lowest BCUT2D eigenvalue weighted by Crippen LogP contribution is -2.41. The van der Waals surface area contributed by atoms with E-state index in [4.69, 9.17) is 5.73 Å². The van der Waals surface area contributed by atoms with Gasteiger partial charge in [0, 0.05) is 4.47 Å². The third-order valence-electron chi connectivity index (χ3n) is 2.82. The largest absolute Gasteiger partial charge is 0.469 e. The van der Waals surface area contributed by atoms with Crippen molar-refractivity contribution in [1.29, 1.82) is 0 Å². The molecule has 1 aromatic carbocycles. The summed E-state index contributed by atoms with van der Waals surface area (Å²) < 4.78 is 5.47. The lowest BCUT2D eigenvalue weighted by Gasteiger charge is -2.18. The van der Waals surface area contributed by atoms with Crippen molar-refractivity contribution in [2.75, 3.05) is 20.2 Å². The third-order valence-corrected chi connectivity index (χ3v) is 3.31. The van der Waals surface area contributed by atoms with E-state index in [0.29, 0.717) is 0 Å². The van der Waals surface area contributed by atoms with E-state index in [2.05, 4.69) is 31.3 Å². The molecule has 7 nitrogen and oxygen atoms in total. The number of hydrogen-bond donors (Lipinski definition) is 3. The molecule has 0 fully saturated rings. The van der Waals surface area contributed by atoms with E-state index in [1.54, 1.807) is 18.2 Å². The minimum Gasteiger partial charge on any atom is -0.469 e. The van der Waals surface area contributed by atoms with Gasteiger partial charge in [-0.3, -0.25) is 14.4 Å². The van der Waals surface area contributed by atoms with E-state index in [0.717, 1.165) is 10.0 Å². The zero-order chi connectivity index (χ0) is 16.5. The van der Waals surface area contributed by atoms with Gasteiger partial charge >= 0.3 is 5.97 Å². The van der Waals surface area contributed by atoms with Crippen LogP contribution in [0.3, 0.4) is 0 Å². The van der Waals surface area contributed by atoms with Gasteiger partial charge in [-0.1, -0.05) is 28.1 Å². The van der Waals surface area contributed by atoms with Gasteiger partial charge in [-0.15, -0.1) is 12.4 Å². The monoisotopic (exact) mass is 407 g/mol. The smallest absolute Gasteiger partial charge is 0.307 e. The minimum atomic E-state index is -0.549. The molecule has 9 heteroatoms. The first-order chi connectivity index (χ1) is 10.5. The summed E-state index contributed by atoms with van der Waals surface area (Å²) in [4.78, 5) is 34.4. The van der Waals surface area contributed by atoms with Crippen LogP contribution in [0.25, 0.3) is 0 Å². The molecule has 1 aromatic rings. The molecule has 4 N–H and O–H groups in total. The molecule has 2 amide bonds. The quantitative estimate of drug-likeness (QED) is 0.574. The van der Waals surface area contributed by atoms with Crippen LogP contribution in [-0.2, 0) is 19.1 Å². The molecule has 1 rings (SSSR count). The Morgan fingerprint density at radius 2 is 2.00 bits per heavy atom. The van der Waals surface area contributed by atoms with Crippen LogP contribution in [-0.4, -0.2) is 38.0 Å². The highest BCUT2D eigenvalue weighted by atomic mass is 79.9. The molecule has 0 aromatic heterocycles. The van der Waals surface area contributed by atoms with Gasteiger partial charge in [0.15, 0.2) is 0 Å². The molecule has 0 radical (unpaired) electrons. The van der Waals surface area contributed by atoms with Gasteiger partial charge < -0.3 is 21.1 Å². The lowest BCUT2D eigenvalue weighted by molar-refractivity contribution is -0.141. The van der Waals surface area contributed by atoms with Crippen molar-refractivity contribution in [2.24, 2.45) is 5.73 Å². The average molecular weight is 409 g/mol. The number of amides is 2. The van der Waals surface area contributed by atoms with Crippen molar-refractivity contribution in [3.05, 3.63) is 34.3 Å². The second kappa shape index (κ2) is 11.0. The molecule has 0 saturated carbocycles. The summed E-state index contributed by atoms with van der Waals surface area (Å²) >= 11 is 3.34. The third kappa shape index (κ3) is 7.96. The van der Waals surface area contributed by atoms with Crippen LogP contribution in [0, 0.1) is 0 Å². The highest BCUT2D eigenvalue weighted by molar-refractivity contribution is 9.10. The maximum absolute atomic E-state index is 11.9. The van der Waals surface area contributed by atoms with Gasteiger partial charge in [0.1, 0.15) is 0 Å². The summed E-state index contributed by atoms with van der Waals surface area (Å²) in [6.07, 6.45) is -0.0104. The Kier molecular flexibility index (Phi) is 10.2. The molecule has 0 spiro atoms.